The molecule has 8 heteroatoms. The van der Waals surface area contributed by atoms with Gasteiger partial charge in [0.25, 0.3) is 0 Å². The number of fused-ring (bicyclic) bond motifs is 1. The highest BCUT2D eigenvalue weighted by Crippen LogP contribution is 2.33. The highest BCUT2D eigenvalue weighted by molar-refractivity contribution is 7.13. The molecule has 0 saturated carbocycles. The molecule has 0 amide bonds. The minimum absolute atomic E-state index is 0.222. The third-order valence-corrected chi connectivity index (χ3v) is 4.19. The van der Waals surface area contributed by atoms with Gasteiger partial charge in [0.1, 0.15) is 10.7 Å². The van der Waals surface area contributed by atoms with E-state index in [0.717, 1.165) is 37.4 Å². The Balaban J connectivity index is 2.17. The summed E-state index contributed by atoms with van der Waals surface area (Å²) in [5.74, 6) is 0.575. The molecule has 2 aromatic heterocycles. The fourth-order valence-electron chi connectivity index (χ4n) is 2.31. The summed E-state index contributed by atoms with van der Waals surface area (Å²) in [6, 6.07) is 0. The normalized spacial score (nSPS) is 15.6. The van der Waals surface area contributed by atoms with Crippen LogP contribution in [0.25, 0.3) is 10.9 Å². The molecule has 1 aliphatic heterocycles. The minimum atomic E-state index is -0.366. The molecule has 1 fully saturated rings. The van der Waals surface area contributed by atoms with Crippen molar-refractivity contribution in [3.8, 4) is 0 Å². The van der Waals surface area contributed by atoms with Crippen LogP contribution in [0, 0.1) is 0 Å². The average Bonchev–Trinajstić information content (AvgIpc) is 2.90. The maximum Gasteiger partial charge on any atom is 0.348 e. The van der Waals surface area contributed by atoms with Crippen LogP contribution in [0.4, 0.5) is 11.8 Å². The molecule has 0 unspecified atom stereocenters. The largest absolute Gasteiger partial charge is 0.465 e. The molecule has 0 atom stereocenters. The Hall–Kier alpha value is -1.93. The van der Waals surface area contributed by atoms with E-state index < -0.39 is 0 Å². The van der Waals surface area contributed by atoms with Crippen LogP contribution in [0.2, 0.25) is 0 Å². The van der Waals surface area contributed by atoms with Crippen molar-refractivity contribution in [3.63, 3.8) is 0 Å². The number of hydrogen-bond donors (Lipinski definition) is 2. The molecular formula is C12H15N5O2S. The molecular weight excluding hydrogens is 278 g/mol. The molecule has 0 aromatic carbocycles. The van der Waals surface area contributed by atoms with Crippen LogP contribution in [-0.4, -0.2) is 49.2 Å². The first-order chi connectivity index (χ1) is 9.70. The van der Waals surface area contributed by atoms with Crippen LogP contribution >= 0.6 is 11.3 Å². The van der Waals surface area contributed by atoms with Gasteiger partial charge >= 0.3 is 5.97 Å². The number of nitrogens with zero attached hydrogens (tertiary/aromatic N) is 3. The highest BCUT2D eigenvalue weighted by atomic mass is 32.1. The number of thiophene rings is 1. The van der Waals surface area contributed by atoms with E-state index in [0.29, 0.717) is 10.4 Å². The first kappa shape index (κ1) is 13.1. The average molecular weight is 293 g/mol. The summed E-state index contributed by atoms with van der Waals surface area (Å²) in [5.41, 5.74) is 6.46. The highest BCUT2D eigenvalue weighted by Gasteiger charge is 2.23. The third-order valence-electron chi connectivity index (χ3n) is 3.24. The van der Waals surface area contributed by atoms with E-state index in [2.05, 4.69) is 20.2 Å². The van der Waals surface area contributed by atoms with E-state index in [9.17, 15) is 4.79 Å². The lowest BCUT2D eigenvalue weighted by molar-refractivity contribution is 0.0608. The fraction of sp³-hybridized carbons (Fsp3) is 0.417. The first-order valence-corrected chi connectivity index (χ1v) is 7.17. The number of aromatic nitrogens is 2. The van der Waals surface area contributed by atoms with Gasteiger partial charge in [-0.3, -0.25) is 0 Å². The summed E-state index contributed by atoms with van der Waals surface area (Å²) in [4.78, 5) is 23.1. The number of carbonyl (C=O) groups is 1. The lowest BCUT2D eigenvalue weighted by Crippen LogP contribution is -2.44. The molecule has 20 heavy (non-hydrogen) atoms. The van der Waals surface area contributed by atoms with E-state index in [1.165, 1.54) is 18.4 Å². The molecule has 3 heterocycles. The molecule has 1 aliphatic rings. The summed E-state index contributed by atoms with van der Waals surface area (Å²) < 4.78 is 4.83. The second-order valence-electron chi connectivity index (χ2n) is 4.46. The zero-order chi connectivity index (χ0) is 14.1. The molecule has 7 nitrogen and oxygen atoms in total. The van der Waals surface area contributed by atoms with Gasteiger partial charge in [-0.2, -0.15) is 4.98 Å². The molecule has 3 rings (SSSR count). The number of ether oxygens (including phenoxy) is 1. The van der Waals surface area contributed by atoms with Gasteiger partial charge in [0.15, 0.2) is 0 Å². The minimum Gasteiger partial charge on any atom is -0.465 e. The van der Waals surface area contributed by atoms with Gasteiger partial charge in [-0.25, -0.2) is 9.78 Å². The molecule has 1 saturated heterocycles. The molecule has 106 valence electrons. The van der Waals surface area contributed by atoms with Gasteiger partial charge in [-0.05, 0) is 0 Å². The number of nitrogens with two attached hydrogens (primary N) is 1. The fourth-order valence-corrected chi connectivity index (χ4v) is 3.20. The van der Waals surface area contributed by atoms with Crippen molar-refractivity contribution in [2.75, 3.05) is 43.9 Å². The van der Waals surface area contributed by atoms with Crippen LogP contribution in [0.1, 0.15) is 9.67 Å². The zero-order valence-corrected chi connectivity index (χ0v) is 11.9. The topological polar surface area (TPSA) is 93.4 Å². The molecule has 0 spiro atoms. The van der Waals surface area contributed by atoms with Crippen molar-refractivity contribution >= 4 is 40.0 Å². The van der Waals surface area contributed by atoms with Gasteiger partial charge in [0, 0.05) is 31.6 Å². The summed E-state index contributed by atoms with van der Waals surface area (Å²) in [6.07, 6.45) is 0. The van der Waals surface area contributed by atoms with Crippen molar-refractivity contribution in [2.45, 2.75) is 0 Å². The number of methoxy groups -OCH3 is 1. The molecule has 3 N–H and O–H groups in total. The number of nitrogens with one attached hydrogen (secondary N) is 1. The second kappa shape index (κ2) is 5.22. The number of piperazine rings is 1. The molecule has 0 aliphatic carbocycles. The smallest absolute Gasteiger partial charge is 0.348 e. The van der Waals surface area contributed by atoms with E-state index in [1.807, 2.05) is 5.38 Å². The monoisotopic (exact) mass is 293 g/mol. The van der Waals surface area contributed by atoms with Gasteiger partial charge < -0.3 is 20.7 Å². The van der Waals surface area contributed by atoms with Crippen molar-refractivity contribution in [2.24, 2.45) is 0 Å². The second-order valence-corrected chi connectivity index (χ2v) is 5.34. The Morgan fingerprint density at radius 3 is 2.90 bits per heavy atom. The van der Waals surface area contributed by atoms with Crippen LogP contribution in [0.5, 0.6) is 0 Å². The van der Waals surface area contributed by atoms with Crippen LogP contribution < -0.4 is 16.0 Å². The van der Waals surface area contributed by atoms with E-state index >= 15 is 0 Å². The number of rotatable bonds is 2. The van der Waals surface area contributed by atoms with Crippen LogP contribution in [0.15, 0.2) is 5.38 Å². The quantitative estimate of drug-likeness (QED) is 0.777. The maximum atomic E-state index is 11.9. The van der Waals surface area contributed by atoms with Crippen molar-refractivity contribution in [1.82, 2.24) is 15.3 Å². The van der Waals surface area contributed by atoms with Crippen molar-refractivity contribution in [3.05, 3.63) is 10.3 Å². The van der Waals surface area contributed by atoms with E-state index in [-0.39, 0.29) is 11.9 Å². The molecule has 0 bridgehead atoms. The molecule has 2 aromatic rings. The van der Waals surface area contributed by atoms with Gasteiger partial charge in [0.05, 0.1) is 18.0 Å². The first-order valence-electron chi connectivity index (χ1n) is 6.29. The summed E-state index contributed by atoms with van der Waals surface area (Å²) in [7, 11) is 1.37. The molecule has 0 radical (unpaired) electrons. The SMILES string of the molecule is COC(=O)c1scc2nc(N)nc(N3CCNCC3)c12. The number of carbonyl (C=O) groups excluding carboxylic acids is 1. The number of hydrogen-bond acceptors (Lipinski definition) is 8. The third kappa shape index (κ3) is 2.16. The lowest BCUT2D eigenvalue weighted by Gasteiger charge is -2.29. The maximum absolute atomic E-state index is 11.9. The summed E-state index contributed by atoms with van der Waals surface area (Å²) in [5, 5.41) is 5.83. The number of nitrogen functional groups attached to an aromatic ring is 1. The number of anilines is 2. The van der Waals surface area contributed by atoms with E-state index in [1.54, 1.807) is 0 Å². The van der Waals surface area contributed by atoms with Crippen molar-refractivity contribution < 1.29 is 9.53 Å². The van der Waals surface area contributed by atoms with Crippen LogP contribution in [-0.2, 0) is 4.74 Å². The Labute approximate surface area is 119 Å². The predicted molar refractivity (Wildman–Crippen MR) is 78.2 cm³/mol. The zero-order valence-electron chi connectivity index (χ0n) is 11.0. The lowest BCUT2D eigenvalue weighted by atomic mass is 10.2. The Bertz CT molecular complexity index is 651. The van der Waals surface area contributed by atoms with Gasteiger partial charge in [-0.15, -0.1) is 11.3 Å². The van der Waals surface area contributed by atoms with E-state index in [4.69, 9.17) is 10.5 Å². The summed E-state index contributed by atoms with van der Waals surface area (Å²) in [6.45, 7) is 3.40. The van der Waals surface area contributed by atoms with Gasteiger partial charge in [0.2, 0.25) is 5.95 Å². The Morgan fingerprint density at radius 1 is 1.45 bits per heavy atom. The van der Waals surface area contributed by atoms with Gasteiger partial charge in [-0.1, -0.05) is 0 Å². The van der Waals surface area contributed by atoms with Crippen molar-refractivity contribution in [1.29, 1.82) is 0 Å². The number of esters is 1. The Kier molecular flexibility index (Phi) is 3.41. The summed E-state index contributed by atoms with van der Waals surface area (Å²) >= 11 is 1.31. The predicted octanol–water partition coefficient (Wildman–Crippen LogP) is 0.470. The standard InChI is InChI=1S/C12H15N5O2S/c1-19-11(18)9-8-7(6-20-9)15-12(13)16-10(8)17-4-2-14-3-5-17/h6,14H,2-5H2,1H3,(H2,13,15). The van der Waals surface area contributed by atoms with Crippen LogP contribution in [0.3, 0.4) is 0 Å². The Morgan fingerprint density at radius 2 is 2.20 bits per heavy atom.